The standard InChI is InChI=1S/C12H25N3O/c1-2-14-6-7-16-12(9-14)10-15-5-3-4-11(13)8-15/h11-12H,2-10,13H2,1H3/t11-,12?/m1/s1. The first kappa shape index (κ1) is 12.3. The van der Waals surface area contributed by atoms with E-state index in [1.165, 1.54) is 19.4 Å². The molecule has 0 spiro atoms. The predicted molar refractivity (Wildman–Crippen MR) is 65.5 cm³/mol. The molecule has 0 amide bonds. The Morgan fingerprint density at radius 2 is 2.12 bits per heavy atom. The van der Waals surface area contributed by atoms with Crippen molar-refractivity contribution in [3.05, 3.63) is 0 Å². The lowest BCUT2D eigenvalue weighted by Gasteiger charge is -2.37. The van der Waals surface area contributed by atoms with Gasteiger partial charge in [-0.1, -0.05) is 6.92 Å². The van der Waals surface area contributed by atoms with Crippen LogP contribution in [0, 0.1) is 0 Å². The van der Waals surface area contributed by atoms with Crippen LogP contribution in [0.2, 0.25) is 0 Å². The topological polar surface area (TPSA) is 41.7 Å². The van der Waals surface area contributed by atoms with E-state index in [0.29, 0.717) is 12.1 Å². The van der Waals surface area contributed by atoms with Crippen molar-refractivity contribution in [2.45, 2.75) is 31.9 Å². The molecular weight excluding hydrogens is 202 g/mol. The maximum Gasteiger partial charge on any atom is 0.0829 e. The first-order valence-electron chi connectivity index (χ1n) is 6.60. The summed E-state index contributed by atoms with van der Waals surface area (Å²) in [7, 11) is 0. The zero-order valence-electron chi connectivity index (χ0n) is 10.4. The van der Waals surface area contributed by atoms with Gasteiger partial charge < -0.3 is 10.5 Å². The lowest BCUT2D eigenvalue weighted by Crippen LogP contribution is -2.51. The molecule has 1 unspecified atom stereocenters. The zero-order valence-corrected chi connectivity index (χ0v) is 10.4. The second kappa shape index (κ2) is 5.96. The summed E-state index contributed by atoms with van der Waals surface area (Å²) in [5.74, 6) is 0. The molecule has 2 atom stereocenters. The Morgan fingerprint density at radius 1 is 1.25 bits per heavy atom. The normalized spacial score (nSPS) is 34.1. The molecule has 0 aromatic carbocycles. The average molecular weight is 227 g/mol. The summed E-state index contributed by atoms with van der Waals surface area (Å²) in [4.78, 5) is 4.94. The van der Waals surface area contributed by atoms with Crippen LogP contribution in [0.15, 0.2) is 0 Å². The maximum atomic E-state index is 5.99. The van der Waals surface area contributed by atoms with Crippen LogP contribution >= 0.6 is 0 Å². The Bertz CT molecular complexity index is 212. The largest absolute Gasteiger partial charge is 0.374 e. The Morgan fingerprint density at radius 3 is 2.88 bits per heavy atom. The number of hydrogen-bond donors (Lipinski definition) is 1. The molecule has 2 saturated heterocycles. The van der Waals surface area contributed by atoms with Crippen LogP contribution in [0.25, 0.3) is 0 Å². The van der Waals surface area contributed by atoms with Crippen molar-refractivity contribution in [3.63, 3.8) is 0 Å². The second-order valence-electron chi connectivity index (χ2n) is 5.05. The van der Waals surface area contributed by atoms with Crippen molar-refractivity contribution < 1.29 is 4.74 Å². The fourth-order valence-electron chi connectivity index (χ4n) is 2.72. The number of piperidine rings is 1. The fourth-order valence-corrected chi connectivity index (χ4v) is 2.72. The van der Waals surface area contributed by atoms with E-state index in [4.69, 9.17) is 10.5 Å². The highest BCUT2D eigenvalue weighted by Gasteiger charge is 2.24. The Hall–Kier alpha value is -0.160. The van der Waals surface area contributed by atoms with E-state index in [9.17, 15) is 0 Å². The van der Waals surface area contributed by atoms with E-state index < -0.39 is 0 Å². The summed E-state index contributed by atoms with van der Waals surface area (Å²) in [6.45, 7) is 9.72. The summed E-state index contributed by atoms with van der Waals surface area (Å²) in [6, 6.07) is 0.375. The predicted octanol–water partition coefficient (Wildman–Crippen LogP) is 0.130. The molecule has 0 aliphatic carbocycles. The van der Waals surface area contributed by atoms with Crippen LogP contribution in [-0.4, -0.2) is 67.8 Å². The van der Waals surface area contributed by atoms with Crippen molar-refractivity contribution in [3.8, 4) is 0 Å². The minimum Gasteiger partial charge on any atom is -0.374 e. The van der Waals surface area contributed by atoms with Gasteiger partial charge in [-0.25, -0.2) is 0 Å². The van der Waals surface area contributed by atoms with Gasteiger partial charge in [0.1, 0.15) is 0 Å². The summed E-state index contributed by atoms with van der Waals surface area (Å²) >= 11 is 0. The maximum absolute atomic E-state index is 5.99. The zero-order chi connectivity index (χ0) is 11.4. The third kappa shape index (κ3) is 3.42. The molecule has 2 aliphatic heterocycles. The van der Waals surface area contributed by atoms with Gasteiger partial charge in [-0.05, 0) is 25.9 Å². The third-order valence-corrected chi connectivity index (χ3v) is 3.67. The van der Waals surface area contributed by atoms with Crippen LogP contribution in [0.5, 0.6) is 0 Å². The van der Waals surface area contributed by atoms with Gasteiger partial charge in [0.25, 0.3) is 0 Å². The molecule has 4 heteroatoms. The number of nitrogens with two attached hydrogens (primary N) is 1. The molecule has 0 aromatic rings. The number of nitrogens with zero attached hydrogens (tertiary/aromatic N) is 2. The molecule has 0 bridgehead atoms. The van der Waals surface area contributed by atoms with Crippen LogP contribution < -0.4 is 5.73 Å². The van der Waals surface area contributed by atoms with Gasteiger partial charge in [0.2, 0.25) is 0 Å². The average Bonchev–Trinajstić information content (AvgIpc) is 2.29. The van der Waals surface area contributed by atoms with E-state index in [0.717, 1.165) is 39.3 Å². The number of hydrogen-bond acceptors (Lipinski definition) is 4. The quantitative estimate of drug-likeness (QED) is 0.744. The van der Waals surface area contributed by atoms with E-state index in [1.807, 2.05) is 0 Å². The number of morpholine rings is 1. The molecule has 2 rings (SSSR count). The van der Waals surface area contributed by atoms with E-state index in [2.05, 4.69) is 16.7 Å². The number of rotatable bonds is 3. The van der Waals surface area contributed by atoms with E-state index >= 15 is 0 Å². The first-order valence-corrected chi connectivity index (χ1v) is 6.60. The molecule has 16 heavy (non-hydrogen) atoms. The molecule has 2 N–H and O–H groups in total. The van der Waals surface area contributed by atoms with Gasteiger partial charge in [-0.15, -0.1) is 0 Å². The molecule has 2 heterocycles. The van der Waals surface area contributed by atoms with Gasteiger partial charge in [0.15, 0.2) is 0 Å². The van der Waals surface area contributed by atoms with Gasteiger partial charge in [-0.2, -0.15) is 0 Å². The highest BCUT2D eigenvalue weighted by Crippen LogP contribution is 2.12. The van der Waals surface area contributed by atoms with Gasteiger partial charge >= 0.3 is 0 Å². The Labute approximate surface area is 98.7 Å². The van der Waals surface area contributed by atoms with E-state index in [1.54, 1.807) is 0 Å². The van der Waals surface area contributed by atoms with Crippen LogP contribution in [-0.2, 0) is 4.74 Å². The first-order chi connectivity index (χ1) is 7.78. The molecular formula is C12H25N3O. The lowest BCUT2D eigenvalue weighted by molar-refractivity contribution is -0.0444. The van der Waals surface area contributed by atoms with Crippen molar-refractivity contribution in [2.24, 2.45) is 5.73 Å². The highest BCUT2D eigenvalue weighted by atomic mass is 16.5. The summed E-state index contributed by atoms with van der Waals surface area (Å²) in [5, 5.41) is 0. The highest BCUT2D eigenvalue weighted by molar-refractivity contribution is 4.80. The third-order valence-electron chi connectivity index (χ3n) is 3.67. The number of likely N-dealkylation sites (tertiary alicyclic amines) is 1. The minimum absolute atomic E-state index is 0.375. The lowest BCUT2D eigenvalue weighted by atomic mass is 10.1. The fraction of sp³-hybridized carbons (Fsp3) is 1.00. The van der Waals surface area contributed by atoms with Crippen molar-refractivity contribution in [1.82, 2.24) is 9.80 Å². The second-order valence-corrected chi connectivity index (χ2v) is 5.05. The Kier molecular flexibility index (Phi) is 4.58. The molecule has 0 saturated carbocycles. The smallest absolute Gasteiger partial charge is 0.0829 e. The monoisotopic (exact) mass is 227 g/mol. The molecule has 0 aromatic heterocycles. The SMILES string of the molecule is CCN1CCOC(CN2CCC[C@@H](N)C2)C1. The number of likely N-dealkylation sites (N-methyl/N-ethyl adjacent to an activating group) is 1. The van der Waals surface area contributed by atoms with Crippen molar-refractivity contribution >= 4 is 0 Å². The molecule has 4 nitrogen and oxygen atoms in total. The van der Waals surface area contributed by atoms with Crippen LogP contribution in [0.1, 0.15) is 19.8 Å². The van der Waals surface area contributed by atoms with Gasteiger partial charge in [0.05, 0.1) is 12.7 Å². The Balaban J connectivity index is 1.75. The summed E-state index contributed by atoms with van der Waals surface area (Å²) in [5.41, 5.74) is 5.99. The minimum atomic E-state index is 0.375. The van der Waals surface area contributed by atoms with E-state index in [-0.39, 0.29) is 0 Å². The molecule has 2 fully saturated rings. The summed E-state index contributed by atoms with van der Waals surface area (Å²) < 4.78 is 5.82. The van der Waals surface area contributed by atoms with Crippen molar-refractivity contribution in [2.75, 3.05) is 45.9 Å². The molecule has 94 valence electrons. The molecule has 2 aliphatic rings. The van der Waals surface area contributed by atoms with Crippen LogP contribution in [0.4, 0.5) is 0 Å². The summed E-state index contributed by atoms with van der Waals surface area (Å²) in [6.07, 6.45) is 2.81. The molecule has 0 radical (unpaired) electrons. The van der Waals surface area contributed by atoms with Gasteiger partial charge in [-0.3, -0.25) is 9.80 Å². The van der Waals surface area contributed by atoms with Gasteiger partial charge in [0, 0.05) is 32.2 Å². The number of ether oxygens (including phenoxy) is 1. The van der Waals surface area contributed by atoms with Crippen molar-refractivity contribution in [1.29, 1.82) is 0 Å². The van der Waals surface area contributed by atoms with Crippen LogP contribution in [0.3, 0.4) is 0 Å².